The maximum absolute atomic E-state index is 12.9. The number of rotatable bonds is 7. The molecular formula is C27H24N2O3. The maximum atomic E-state index is 12.9. The first-order chi connectivity index (χ1) is 15.6. The Morgan fingerprint density at radius 2 is 1.47 bits per heavy atom. The van der Waals surface area contributed by atoms with E-state index < -0.39 is 0 Å². The number of carbonyl (C=O) groups is 1. The van der Waals surface area contributed by atoms with Crippen LogP contribution in [0.5, 0.6) is 5.75 Å². The van der Waals surface area contributed by atoms with E-state index >= 15 is 0 Å². The molecule has 32 heavy (non-hydrogen) atoms. The van der Waals surface area contributed by atoms with E-state index in [-0.39, 0.29) is 29.4 Å². The minimum absolute atomic E-state index is 0.0244. The van der Waals surface area contributed by atoms with Crippen LogP contribution >= 0.6 is 0 Å². The zero-order valence-corrected chi connectivity index (χ0v) is 17.8. The van der Waals surface area contributed by atoms with Gasteiger partial charge < -0.3 is 15.0 Å². The van der Waals surface area contributed by atoms with E-state index in [0.29, 0.717) is 12.2 Å². The summed E-state index contributed by atoms with van der Waals surface area (Å²) in [5, 5.41) is 2.88. The van der Waals surface area contributed by atoms with Crippen LogP contribution in [-0.2, 0) is 13.2 Å². The van der Waals surface area contributed by atoms with Crippen LogP contribution in [0.2, 0.25) is 0 Å². The molecule has 0 aliphatic carbocycles. The number of ether oxygens (including phenoxy) is 1. The van der Waals surface area contributed by atoms with Crippen molar-refractivity contribution in [2.45, 2.75) is 20.1 Å². The van der Waals surface area contributed by atoms with E-state index in [0.717, 1.165) is 22.3 Å². The van der Waals surface area contributed by atoms with Crippen molar-refractivity contribution < 1.29 is 9.53 Å². The molecule has 1 amide bonds. The molecule has 0 radical (unpaired) electrons. The Kier molecular flexibility index (Phi) is 6.46. The number of aromatic nitrogens is 1. The summed E-state index contributed by atoms with van der Waals surface area (Å²) in [7, 11) is 0. The molecule has 5 nitrogen and oxygen atoms in total. The molecule has 160 valence electrons. The predicted molar refractivity (Wildman–Crippen MR) is 126 cm³/mol. The topological polar surface area (TPSA) is 71.2 Å². The fraction of sp³-hybridized carbons (Fsp3) is 0.111. The third-order valence-electron chi connectivity index (χ3n) is 5.09. The van der Waals surface area contributed by atoms with E-state index in [1.165, 1.54) is 6.07 Å². The SMILES string of the molecule is Cc1cc(=O)c(OCc2ccccc2)c(C(=O)NCc2ccc(-c3ccccc3)cc2)[nH]1. The molecule has 0 unspecified atom stereocenters. The van der Waals surface area contributed by atoms with E-state index in [9.17, 15) is 9.59 Å². The van der Waals surface area contributed by atoms with Crippen molar-refractivity contribution >= 4 is 5.91 Å². The van der Waals surface area contributed by atoms with Crippen LogP contribution in [-0.4, -0.2) is 10.9 Å². The van der Waals surface area contributed by atoms with Gasteiger partial charge in [0.1, 0.15) is 6.61 Å². The molecule has 0 bridgehead atoms. The first-order valence-corrected chi connectivity index (χ1v) is 10.4. The Labute approximate surface area is 186 Å². The first kappa shape index (κ1) is 21.1. The first-order valence-electron chi connectivity index (χ1n) is 10.4. The quantitative estimate of drug-likeness (QED) is 0.445. The molecule has 0 fully saturated rings. The number of benzene rings is 3. The van der Waals surface area contributed by atoms with Gasteiger partial charge in [0.05, 0.1) is 0 Å². The molecule has 1 aromatic heterocycles. The van der Waals surface area contributed by atoms with Gasteiger partial charge in [-0.1, -0.05) is 84.9 Å². The van der Waals surface area contributed by atoms with Gasteiger partial charge in [0.25, 0.3) is 5.91 Å². The summed E-state index contributed by atoms with van der Waals surface area (Å²) >= 11 is 0. The van der Waals surface area contributed by atoms with Crippen molar-refractivity contribution in [3.8, 4) is 16.9 Å². The number of carbonyl (C=O) groups excluding carboxylic acids is 1. The van der Waals surface area contributed by atoms with E-state index in [1.807, 2.05) is 72.8 Å². The molecule has 1 heterocycles. The average Bonchev–Trinajstić information content (AvgIpc) is 2.83. The van der Waals surface area contributed by atoms with Crippen LogP contribution in [0.1, 0.15) is 27.3 Å². The normalized spacial score (nSPS) is 10.5. The standard InChI is InChI=1S/C27H24N2O3/c1-19-16-24(30)26(32-18-21-8-4-2-5-9-21)25(29-19)27(31)28-17-20-12-14-23(15-13-20)22-10-6-3-7-11-22/h2-16H,17-18H2,1H3,(H,28,31)(H,29,30). The number of amides is 1. The summed E-state index contributed by atoms with van der Waals surface area (Å²) in [4.78, 5) is 28.4. The van der Waals surface area contributed by atoms with Gasteiger partial charge in [0, 0.05) is 18.3 Å². The number of aryl methyl sites for hydroxylation is 1. The van der Waals surface area contributed by atoms with Crippen molar-refractivity contribution in [2.75, 3.05) is 0 Å². The Bertz CT molecular complexity index is 1250. The molecule has 0 atom stereocenters. The second kappa shape index (κ2) is 9.79. The van der Waals surface area contributed by atoms with E-state index in [1.54, 1.807) is 6.92 Å². The molecule has 0 aliphatic heterocycles. The summed E-state index contributed by atoms with van der Waals surface area (Å²) in [5.41, 5.74) is 4.53. The summed E-state index contributed by atoms with van der Waals surface area (Å²) in [6.45, 7) is 2.28. The lowest BCUT2D eigenvalue weighted by atomic mass is 10.0. The van der Waals surface area contributed by atoms with Gasteiger partial charge in [-0.25, -0.2) is 0 Å². The van der Waals surface area contributed by atoms with E-state index in [2.05, 4.69) is 22.4 Å². The Hall–Kier alpha value is -4.12. The van der Waals surface area contributed by atoms with Gasteiger partial charge in [-0.2, -0.15) is 0 Å². The number of aromatic amines is 1. The molecule has 3 aromatic carbocycles. The summed E-state index contributed by atoms with van der Waals surface area (Å²) < 4.78 is 5.74. The van der Waals surface area contributed by atoms with Gasteiger partial charge >= 0.3 is 0 Å². The smallest absolute Gasteiger partial charge is 0.271 e. The van der Waals surface area contributed by atoms with Crippen LogP contribution in [0.15, 0.2) is 95.8 Å². The van der Waals surface area contributed by atoms with Crippen molar-refractivity contribution in [1.82, 2.24) is 10.3 Å². The summed E-state index contributed by atoms with van der Waals surface area (Å²) in [5.74, 6) is -0.364. The van der Waals surface area contributed by atoms with Gasteiger partial charge in [-0.05, 0) is 29.2 Å². The summed E-state index contributed by atoms with van der Waals surface area (Å²) in [6.07, 6.45) is 0. The number of nitrogens with one attached hydrogen (secondary N) is 2. The Morgan fingerprint density at radius 1 is 0.844 bits per heavy atom. The highest BCUT2D eigenvalue weighted by atomic mass is 16.5. The van der Waals surface area contributed by atoms with Gasteiger partial charge in [0.2, 0.25) is 5.43 Å². The number of hydrogen-bond acceptors (Lipinski definition) is 3. The highest BCUT2D eigenvalue weighted by Gasteiger charge is 2.17. The minimum Gasteiger partial charge on any atom is -0.483 e. The second-order valence-corrected chi connectivity index (χ2v) is 7.54. The van der Waals surface area contributed by atoms with E-state index in [4.69, 9.17) is 4.74 Å². The van der Waals surface area contributed by atoms with Gasteiger partial charge in [-0.3, -0.25) is 9.59 Å². The van der Waals surface area contributed by atoms with Gasteiger partial charge in [-0.15, -0.1) is 0 Å². The highest BCUT2D eigenvalue weighted by molar-refractivity contribution is 5.94. The molecule has 0 aliphatic rings. The molecule has 0 saturated carbocycles. The molecule has 0 saturated heterocycles. The fourth-order valence-electron chi connectivity index (χ4n) is 3.42. The van der Waals surface area contributed by atoms with Gasteiger partial charge in [0.15, 0.2) is 11.4 Å². The maximum Gasteiger partial charge on any atom is 0.271 e. The largest absolute Gasteiger partial charge is 0.483 e. The Morgan fingerprint density at radius 3 is 2.16 bits per heavy atom. The van der Waals surface area contributed by atoms with Crippen LogP contribution in [0.4, 0.5) is 0 Å². The second-order valence-electron chi connectivity index (χ2n) is 7.54. The lowest BCUT2D eigenvalue weighted by molar-refractivity contribution is 0.0940. The number of hydrogen-bond donors (Lipinski definition) is 2. The zero-order chi connectivity index (χ0) is 22.3. The Balaban J connectivity index is 1.46. The van der Waals surface area contributed by atoms with Crippen LogP contribution in [0.25, 0.3) is 11.1 Å². The number of H-pyrrole nitrogens is 1. The highest BCUT2D eigenvalue weighted by Crippen LogP contribution is 2.19. The number of pyridine rings is 1. The molecule has 5 heteroatoms. The third-order valence-corrected chi connectivity index (χ3v) is 5.09. The van der Waals surface area contributed by atoms with Crippen LogP contribution in [0.3, 0.4) is 0 Å². The lowest BCUT2D eigenvalue weighted by Gasteiger charge is -2.12. The molecule has 4 rings (SSSR count). The fourth-order valence-corrected chi connectivity index (χ4v) is 3.42. The van der Waals surface area contributed by atoms with Crippen LogP contribution in [0, 0.1) is 6.92 Å². The predicted octanol–water partition coefficient (Wildman–Crippen LogP) is 4.86. The molecule has 4 aromatic rings. The zero-order valence-electron chi connectivity index (χ0n) is 17.8. The summed E-state index contributed by atoms with van der Waals surface area (Å²) in [6, 6.07) is 29.1. The minimum atomic E-state index is -0.388. The third kappa shape index (κ3) is 5.13. The molecule has 2 N–H and O–H groups in total. The monoisotopic (exact) mass is 424 g/mol. The van der Waals surface area contributed by atoms with Crippen molar-refractivity contribution in [2.24, 2.45) is 0 Å². The van der Waals surface area contributed by atoms with Crippen molar-refractivity contribution in [3.63, 3.8) is 0 Å². The molecule has 0 spiro atoms. The van der Waals surface area contributed by atoms with Crippen LogP contribution < -0.4 is 15.5 Å². The van der Waals surface area contributed by atoms with Crippen molar-refractivity contribution in [3.05, 3.63) is 124 Å². The lowest BCUT2D eigenvalue weighted by Crippen LogP contribution is -2.27. The molecular weight excluding hydrogens is 400 g/mol. The average molecular weight is 425 g/mol. The van der Waals surface area contributed by atoms with Crippen molar-refractivity contribution in [1.29, 1.82) is 0 Å².